The smallest absolute Gasteiger partial charge is 0.318 e. The molecule has 0 saturated heterocycles. The van der Waals surface area contributed by atoms with Gasteiger partial charge in [0.25, 0.3) is 5.69 Å². The van der Waals surface area contributed by atoms with E-state index in [1.165, 1.54) is 6.07 Å². The standard InChI is InChI=1S/C19H12BrN3O5/c20-16-10-13(12-21-14-4-2-1-3-5-14)6-8-18(16)28-19-9-7-15(22(24)25)11-17(19)23(26)27/h1-12H. The van der Waals surface area contributed by atoms with Crippen LogP contribution in [0.25, 0.3) is 0 Å². The molecular weight excluding hydrogens is 430 g/mol. The number of rotatable bonds is 6. The maximum atomic E-state index is 11.2. The van der Waals surface area contributed by atoms with E-state index < -0.39 is 15.5 Å². The van der Waals surface area contributed by atoms with Crippen molar-refractivity contribution >= 4 is 39.2 Å². The van der Waals surface area contributed by atoms with Gasteiger partial charge in [0.2, 0.25) is 5.75 Å². The van der Waals surface area contributed by atoms with Crippen molar-refractivity contribution in [2.45, 2.75) is 0 Å². The van der Waals surface area contributed by atoms with Crippen LogP contribution < -0.4 is 4.74 Å². The van der Waals surface area contributed by atoms with Crippen LogP contribution in [0.1, 0.15) is 5.56 Å². The van der Waals surface area contributed by atoms with Gasteiger partial charge in [-0.3, -0.25) is 25.2 Å². The second-order valence-electron chi connectivity index (χ2n) is 5.55. The Morgan fingerprint density at radius 1 is 0.893 bits per heavy atom. The number of halogens is 1. The molecule has 0 bridgehead atoms. The predicted octanol–water partition coefficient (Wildman–Crippen LogP) is 5.81. The molecule has 140 valence electrons. The maximum absolute atomic E-state index is 11.2. The van der Waals surface area contributed by atoms with E-state index in [1.54, 1.807) is 24.4 Å². The molecule has 0 unspecified atom stereocenters. The number of non-ortho nitro benzene ring substituents is 1. The lowest BCUT2D eigenvalue weighted by Crippen LogP contribution is -1.96. The van der Waals surface area contributed by atoms with Crippen molar-refractivity contribution in [2.24, 2.45) is 4.99 Å². The van der Waals surface area contributed by atoms with Gasteiger partial charge in [0, 0.05) is 12.3 Å². The van der Waals surface area contributed by atoms with Crippen LogP contribution in [-0.2, 0) is 0 Å². The Bertz CT molecular complexity index is 1070. The van der Waals surface area contributed by atoms with Crippen molar-refractivity contribution in [3.05, 3.63) is 97.0 Å². The van der Waals surface area contributed by atoms with Gasteiger partial charge in [0.15, 0.2) is 0 Å². The number of benzene rings is 3. The molecule has 28 heavy (non-hydrogen) atoms. The molecule has 8 nitrogen and oxygen atoms in total. The number of nitro benzene ring substituents is 2. The second kappa shape index (κ2) is 8.40. The lowest BCUT2D eigenvalue weighted by molar-refractivity contribution is -0.394. The summed E-state index contributed by atoms with van der Waals surface area (Å²) >= 11 is 3.37. The number of aliphatic imine (C=N–C) groups is 1. The van der Waals surface area contributed by atoms with E-state index in [0.717, 1.165) is 23.4 Å². The van der Waals surface area contributed by atoms with Crippen LogP contribution in [-0.4, -0.2) is 16.1 Å². The largest absolute Gasteiger partial charge is 0.449 e. The van der Waals surface area contributed by atoms with E-state index in [9.17, 15) is 20.2 Å². The molecular formula is C19H12BrN3O5. The molecule has 0 aliphatic carbocycles. The third kappa shape index (κ3) is 4.57. The van der Waals surface area contributed by atoms with Gasteiger partial charge in [-0.05, 0) is 57.9 Å². The first-order valence-electron chi connectivity index (χ1n) is 7.93. The number of hydrogen-bond acceptors (Lipinski definition) is 6. The first-order chi connectivity index (χ1) is 13.4. The molecule has 3 rings (SSSR count). The number of nitrogens with zero attached hydrogens (tertiary/aromatic N) is 3. The molecule has 9 heteroatoms. The van der Waals surface area contributed by atoms with Crippen molar-refractivity contribution < 1.29 is 14.6 Å². The monoisotopic (exact) mass is 441 g/mol. The van der Waals surface area contributed by atoms with Crippen molar-refractivity contribution in [3.8, 4) is 11.5 Å². The van der Waals surface area contributed by atoms with Crippen LogP contribution in [0.2, 0.25) is 0 Å². The molecule has 0 aromatic heterocycles. The minimum atomic E-state index is -0.725. The van der Waals surface area contributed by atoms with Crippen LogP contribution in [0.15, 0.2) is 76.2 Å². The molecule has 0 aliphatic heterocycles. The van der Waals surface area contributed by atoms with Gasteiger partial charge in [0.1, 0.15) is 5.75 Å². The van der Waals surface area contributed by atoms with E-state index in [4.69, 9.17) is 4.74 Å². The SMILES string of the molecule is O=[N+]([O-])c1ccc(Oc2ccc(C=Nc3ccccc3)cc2Br)c([N+](=O)[O-])c1. The molecule has 0 radical (unpaired) electrons. The maximum Gasteiger partial charge on any atom is 0.318 e. The van der Waals surface area contributed by atoms with Crippen LogP contribution in [0.3, 0.4) is 0 Å². The molecule has 3 aromatic carbocycles. The first kappa shape index (κ1) is 19.2. The summed E-state index contributed by atoms with van der Waals surface area (Å²) < 4.78 is 6.15. The first-order valence-corrected chi connectivity index (χ1v) is 8.72. The topological polar surface area (TPSA) is 108 Å². The summed E-state index contributed by atoms with van der Waals surface area (Å²) in [6.45, 7) is 0. The summed E-state index contributed by atoms with van der Waals surface area (Å²) in [7, 11) is 0. The molecule has 0 amide bonds. The van der Waals surface area contributed by atoms with Crippen molar-refractivity contribution in [1.29, 1.82) is 0 Å². The third-order valence-electron chi connectivity index (χ3n) is 3.64. The normalized spacial score (nSPS) is 10.8. The fourth-order valence-electron chi connectivity index (χ4n) is 2.31. The Hall–Kier alpha value is -3.59. The molecule has 0 fully saturated rings. The predicted molar refractivity (Wildman–Crippen MR) is 108 cm³/mol. The Kier molecular flexibility index (Phi) is 5.75. The Morgan fingerprint density at radius 2 is 1.61 bits per heavy atom. The van der Waals surface area contributed by atoms with Gasteiger partial charge in [0.05, 0.1) is 26.1 Å². The van der Waals surface area contributed by atoms with Gasteiger partial charge in [-0.1, -0.05) is 18.2 Å². The number of nitro groups is 2. The highest BCUT2D eigenvalue weighted by Crippen LogP contribution is 2.37. The van der Waals surface area contributed by atoms with Crippen LogP contribution in [0.4, 0.5) is 17.1 Å². The number of ether oxygens (including phenoxy) is 1. The lowest BCUT2D eigenvalue weighted by Gasteiger charge is -2.08. The highest BCUT2D eigenvalue weighted by atomic mass is 79.9. The Labute approximate surface area is 167 Å². The van der Waals surface area contributed by atoms with Gasteiger partial charge in [-0.15, -0.1) is 0 Å². The average molecular weight is 442 g/mol. The lowest BCUT2D eigenvalue weighted by atomic mass is 10.2. The van der Waals surface area contributed by atoms with E-state index in [0.29, 0.717) is 10.2 Å². The second-order valence-corrected chi connectivity index (χ2v) is 6.41. The van der Waals surface area contributed by atoms with Gasteiger partial charge < -0.3 is 4.74 Å². The minimum absolute atomic E-state index is 0.0954. The average Bonchev–Trinajstić information content (AvgIpc) is 2.69. The van der Waals surface area contributed by atoms with Crippen molar-refractivity contribution in [2.75, 3.05) is 0 Å². The zero-order valence-corrected chi connectivity index (χ0v) is 15.8. The summed E-state index contributed by atoms with van der Waals surface area (Å²) in [5.41, 5.74) is 0.725. The molecule has 0 aliphatic rings. The van der Waals surface area contributed by atoms with E-state index >= 15 is 0 Å². The highest BCUT2D eigenvalue weighted by molar-refractivity contribution is 9.10. The molecule has 0 saturated carbocycles. The van der Waals surface area contributed by atoms with Crippen molar-refractivity contribution in [3.63, 3.8) is 0 Å². The molecule has 0 spiro atoms. The molecule has 0 atom stereocenters. The quantitative estimate of drug-likeness (QED) is 0.272. The van der Waals surface area contributed by atoms with Crippen LogP contribution in [0.5, 0.6) is 11.5 Å². The minimum Gasteiger partial charge on any atom is -0.449 e. The van der Waals surface area contributed by atoms with E-state index in [1.807, 2.05) is 30.3 Å². The Balaban J connectivity index is 1.85. The summed E-state index contributed by atoms with van der Waals surface area (Å²) in [5, 5.41) is 22.0. The van der Waals surface area contributed by atoms with E-state index in [-0.39, 0.29) is 11.4 Å². The molecule has 0 heterocycles. The summed E-state index contributed by atoms with van der Waals surface area (Å²) in [5.74, 6) is 0.232. The number of para-hydroxylation sites is 1. The van der Waals surface area contributed by atoms with Crippen LogP contribution >= 0.6 is 15.9 Å². The fourth-order valence-corrected chi connectivity index (χ4v) is 2.79. The molecule has 0 N–H and O–H groups in total. The van der Waals surface area contributed by atoms with Gasteiger partial charge in [-0.25, -0.2) is 0 Å². The fraction of sp³-hybridized carbons (Fsp3) is 0. The van der Waals surface area contributed by atoms with Crippen LogP contribution in [0, 0.1) is 20.2 Å². The van der Waals surface area contributed by atoms with Gasteiger partial charge in [-0.2, -0.15) is 0 Å². The zero-order chi connectivity index (χ0) is 20.1. The third-order valence-corrected chi connectivity index (χ3v) is 4.26. The summed E-state index contributed by atoms with van der Waals surface area (Å²) in [6, 6.07) is 17.7. The van der Waals surface area contributed by atoms with Crippen molar-refractivity contribution in [1.82, 2.24) is 0 Å². The zero-order valence-electron chi connectivity index (χ0n) is 14.2. The number of hydrogen-bond donors (Lipinski definition) is 0. The summed E-state index contributed by atoms with van der Waals surface area (Å²) in [4.78, 5) is 25.0. The summed E-state index contributed by atoms with van der Waals surface area (Å²) in [6.07, 6.45) is 1.68. The molecule has 3 aromatic rings. The Morgan fingerprint density at radius 3 is 2.25 bits per heavy atom. The highest BCUT2D eigenvalue weighted by Gasteiger charge is 2.21. The van der Waals surface area contributed by atoms with E-state index in [2.05, 4.69) is 20.9 Å². The van der Waals surface area contributed by atoms with Gasteiger partial charge >= 0.3 is 5.69 Å².